The zero-order valence-electron chi connectivity index (χ0n) is 12.0. The number of ether oxygens (including phenoxy) is 2. The highest BCUT2D eigenvalue weighted by molar-refractivity contribution is 8.18. The Morgan fingerprint density at radius 1 is 1.37 bits per heavy atom. The van der Waals surface area contributed by atoms with E-state index < -0.39 is 0 Å². The highest BCUT2D eigenvalue weighted by Gasteiger charge is 2.44. The van der Waals surface area contributed by atoms with Gasteiger partial charge in [0.05, 0.1) is 29.8 Å². The van der Waals surface area contributed by atoms with E-state index >= 15 is 0 Å². The number of methoxy groups -OCH3 is 1. The molecule has 0 bridgehead atoms. The van der Waals surface area contributed by atoms with Gasteiger partial charge in [-0.1, -0.05) is 13.8 Å². The number of hydrogen-bond donors (Lipinski definition) is 0. The Kier molecular flexibility index (Phi) is 5.49. The van der Waals surface area contributed by atoms with Crippen molar-refractivity contribution in [3.8, 4) is 0 Å². The summed E-state index contributed by atoms with van der Waals surface area (Å²) < 4.78 is 11.2. The zero-order chi connectivity index (χ0) is 13.9. The molecule has 0 aliphatic carbocycles. The molecule has 3 nitrogen and oxygen atoms in total. The van der Waals surface area contributed by atoms with E-state index in [1.807, 2.05) is 0 Å². The molecule has 0 saturated carbocycles. The van der Waals surface area contributed by atoms with Gasteiger partial charge in [0.2, 0.25) is 0 Å². The van der Waals surface area contributed by atoms with Crippen molar-refractivity contribution >= 4 is 29.5 Å². The van der Waals surface area contributed by atoms with E-state index in [4.69, 9.17) is 9.47 Å². The minimum absolute atomic E-state index is 0.0201. The second kappa shape index (κ2) is 6.72. The summed E-state index contributed by atoms with van der Waals surface area (Å²) in [5, 5.41) is 0. The van der Waals surface area contributed by atoms with Crippen LogP contribution >= 0.6 is 23.5 Å². The van der Waals surface area contributed by atoms with Crippen molar-refractivity contribution in [3.05, 3.63) is 0 Å². The van der Waals surface area contributed by atoms with Gasteiger partial charge in [-0.25, -0.2) is 0 Å². The smallest absolute Gasteiger partial charge is 0.308 e. The molecule has 2 fully saturated rings. The van der Waals surface area contributed by atoms with Crippen LogP contribution in [0, 0.1) is 5.92 Å². The van der Waals surface area contributed by atoms with Crippen molar-refractivity contribution in [2.45, 2.75) is 55.8 Å². The summed E-state index contributed by atoms with van der Waals surface area (Å²) in [6.07, 6.45) is 4.06. The van der Waals surface area contributed by atoms with E-state index in [1.54, 1.807) is 0 Å². The molecule has 110 valence electrons. The lowest BCUT2D eigenvalue weighted by atomic mass is 9.94. The van der Waals surface area contributed by atoms with Gasteiger partial charge in [-0.05, 0) is 36.7 Å². The topological polar surface area (TPSA) is 35.5 Å². The van der Waals surface area contributed by atoms with E-state index in [9.17, 15) is 4.79 Å². The maximum atomic E-state index is 11.5. The van der Waals surface area contributed by atoms with E-state index in [0.29, 0.717) is 12.3 Å². The molecule has 0 aromatic rings. The van der Waals surface area contributed by atoms with Crippen LogP contribution in [0.4, 0.5) is 0 Å². The number of hydrogen-bond acceptors (Lipinski definition) is 5. The third-order valence-corrected chi connectivity index (χ3v) is 7.21. The lowest BCUT2D eigenvalue weighted by Crippen LogP contribution is -2.45. The van der Waals surface area contributed by atoms with Gasteiger partial charge in [-0.3, -0.25) is 4.79 Å². The molecule has 2 heterocycles. The molecule has 2 rings (SSSR count). The molecule has 0 aromatic carbocycles. The van der Waals surface area contributed by atoms with Crippen LogP contribution in [0.1, 0.15) is 39.5 Å². The third kappa shape index (κ3) is 4.05. The molecule has 1 spiro atoms. The Morgan fingerprint density at radius 2 is 2.05 bits per heavy atom. The zero-order valence-corrected chi connectivity index (χ0v) is 13.6. The molecular weight excluding hydrogens is 280 g/mol. The van der Waals surface area contributed by atoms with Crippen molar-refractivity contribution in [3.63, 3.8) is 0 Å². The highest BCUT2D eigenvalue weighted by atomic mass is 32.2. The van der Waals surface area contributed by atoms with E-state index in [1.165, 1.54) is 25.0 Å². The summed E-state index contributed by atoms with van der Waals surface area (Å²) in [5.74, 6) is 2.82. The van der Waals surface area contributed by atoms with Crippen molar-refractivity contribution in [1.29, 1.82) is 0 Å². The molecule has 0 aromatic heterocycles. The minimum Gasteiger partial charge on any atom is -0.469 e. The number of carbonyl (C=O) groups is 1. The Bertz CT molecular complexity index is 314. The van der Waals surface area contributed by atoms with Gasteiger partial charge in [0, 0.05) is 0 Å². The lowest BCUT2D eigenvalue weighted by molar-refractivity contribution is -0.148. The van der Waals surface area contributed by atoms with Crippen LogP contribution in [0.2, 0.25) is 0 Å². The maximum absolute atomic E-state index is 11.5. The molecule has 2 aliphatic heterocycles. The predicted molar refractivity (Wildman–Crippen MR) is 81.6 cm³/mol. The van der Waals surface area contributed by atoms with Gasteiger partial charge >= 0.3 is 5.97 Å². The Labute approximate surface area is 124 Å². The predicted octanol–water partition coefficient (Wildman–Crippen LogP) is 3.32. The molecule has 2 atom stereocenters. The fourth-order valence-electron chi connectivity index (χ4n) is 2.72. The molecule has 5 heteroatoms. The van der Waals surface area contributed by atoms with E-state index in [2.05, 4.69) is 37.4 Å². The molecule has 2 saturated heterocycles. The van der Waals surface area contributed by atoms with Crippen LogP contribution in [0.25, 0.3) is 0 Å². The molecule has 19 heavy (non-hydrogen) atoms. The van der Waals surface area contributed by atoms with Crippen LogP contribution < -0.4 is 0 Å². The molecular formula is C14H24O3S2. The van der Waals surface area contributed by atoms with Crippen molar-refractivity contribution in [1.82, 2.24) is 0 Å². The first kappa shape index (κ1) is 15.5. The average Bonchev–Trinajstić information content (AvgIpc) is 2.38. The fourth-order valence-corrected chi connectivity index (χ4v) is 6.22. The van der Waals surface area contributed by atoms with Gasteiger partial charge in [-0.15, -0.1) is 23.5 Å². The number of thioether (sulfide) groups is 2. The summed E-state index contributed by atoms with van der Waals surface area (Å²) >= 11 is 4.15. The van der Waals surface area contributed by atoms with Crippen LogP contribution in [0.5, 0.6) is 0 Å². The molecule has 0 radical (unpaired) electrons. The Balaban J connectivity index is 2.05. The first-order chi connectivity index (χ1) is 9.04. The number of esters is 1. The van der Waals surface area contributed by atoms with Crippen LogP contribution in [0.3, 0.4) is 0 Å². The van der Waals surface area contributed by atoms with E-state index in [-0.39, 0.29) is 22.3 Å². The van der Waals surface area contributed by atoms with Crippen molar-refractivity contribution < 1.29 is 14.3 Å². The monoisotopic (exact) mass is 304 g/mol. The summed E-state index contributed by atoms with van der Waals surface area (Å²) in [5.41, 5.74) is 0. The normalized spacial score (nSPS) is 30.5. The van der Waals surface area contributed by atoms with Gasteiger partial charge in [-0.2, -0.15) is 0 Å². The molecule has 0 N–H and O–H groups in total. The van der Waals surface area contributed by atoms with Gasteiger partial charge in [0.1, 0.15) is 0 Å². The second-order valence-corrected chi connectivity index (χ2v) is 8.91. The van der Waals surface area contributed by atoms with Gasteiger partial charge in [0.25, 0.3) is 0 Å². The second-order valence-electron chi connectivity index (χ2n) is 5.69. The maximum Gasteiger partial charge on any atom is 0.308 e. The van der Waals surface area contributed by atoms with Crippen LogP contribution in [-0.2, 0) is 14.3 Å². The summed E-state index contributed by atoms with van der Waals surface area (Å²) in [7, 11) is 1.45. The highest BCUT2D eigenvalue weighted by Crippen LogP contribution is 2.52. The standard InChI is InChI=1S/C14H24O3S2/c1-10(2)12-9-14(18-5-4-6-19-14)8-11(17-12)7-13(15)16-3/h10-12H,4-9H2,1-3H3/t11-,12-/m0/s1. The van der Waals surface area contributed by atoms with Crippen LogP contribution in [0.15, 0.2) is 0 Å². The summed E-state index contributed by atoms with van der Waals surface area (Å²) in [6.45, 7) is 4.41. The SMILES string of the molecule is COC(=O)C[C@H]1CC2(C[C@@H](C(C)C)O1)SCCCS2. The molecule has 0 unspecified atom stereocenters. The largest absolute Gasteiger partial charge is 0.469 e. The Hall–Kier alpha value is 0.130. The van der Waals surface area contributed by atoms with Crippen molar-refractivity contribution in [2.24, 2.45) is 5.92 Å². The lowest BCUT2D eigenvalue weighted by Gasteiger charge is -2.46. The summed E-state index contributed by atoms with van der Waals surface area (Å²) in [4.78, 5) is 11.5. The van der Waals surface area contributed by atoms with Gasteiger partial charge in [0.15, 0.2) is 0 Å². The van der Waals surface area contributed by atoms with Gasteiger partial charge < -0.3 is 9.47 Å². The minimum atomic E-state index is -0.157. The number of rotatable bonds is 3. The van der Waals surface area contributed by atoms with Crippen molar-refractivity contribution in [2.75, 3.05) is 18.6 Å². The van der Waals surface area contributed by atoms with E-state index in [0.717, 1.165) is 12.8 Å². The quantitative estimate of drug-likeness (QED) is 0.747. The van der Waals surface area contributed by atoms with Crippen LogP contribution in [-0.4, -0.2) is 40.9 Å². The summed E-state index contributed by atoms with van der Waals surface area (Å²) in [6, 6.07) is 0. The average molecular weight is 304 g/mol. The third-order valence-electron chi connectivity index (χ3n) is 3.80. The molecule has 2 aliphatic rings. The molecule has 0 amide bonds. The fraction of sp³-hybridized carbons (Fsp3) is 0.929. The first-order valence-corrected chi connectivity index (χ1v) is 9.02. The first-order valence-electron chi connectivity index (χ1n) is 7.05. The Morgan fingerprint density at radius 3 is 2.63 bits per heavy atom. The number of carbonyl (C=O) groups excluding carboxylic acids is 1.